The van der Waals surface area contributed by atoms with E-state index in [1.54, 1.807) is 33.0 Å². The molecule has 1 aliphatic carbocycles. The average Bonchev–Trinajstić information content (AvgIpc) is 2.76. The lowest BCUT2D eigenvalue weighted by atomic mass is 9.96. The maximum atomic E-state index is 12.3. The van der Waals surface area contributed by atoms with Gasteiger partial charge in [0.05, 0.1) is 12.8 Å². The summed E-state index contributed by atoms with van der Waals surface area (Å²) in [6, 6.07) is 3.70. The van der Waals surface area contributed by atoms with E-state index >= 15 is 0 Å². The van der Waals surface area contributed by atoms with Crippen LogP contribution in [-0.2, 0) is 26.2 Å². The van der Waals surface area contributed by atoms with Crippen LogP contribution in [0.25, 0.3) is 0 Å². The summed E-state index contributed by atoms with van der Waals surface area (Å²) in [6.45, 7) is 5.29. The molecule has 0 saturated carbocycles. The third-order valence-corrected chi connectivity index (χ3v) is 3.31. The number of hydrogen-bond donors (Lipinski definition) is 1. The molecule has 1 N–H and O–H groups in total. The third-order valence-electron chi connectivity index (χ3n) is 3.31. The van der Waals surface area contributed by atoms with Gasteiger partial charge in [0.15, 0.2) is 5.54 Å². The molecule has 1 heterocycles. The van der Waals surface area contributed by atoms with Gasteiger partial charge >= 0.3 is 12.1 Å². The molecule has 114 valence electrons. The van der Waals surface area contributed by atoms with Crippen molar-refractivity contribution in [1.29, 1.82) is 0 Å². The van der Waals surface area contributed by atoms with Gasteiger partial charge in [0.2, 0.25) is 0 Å². The summed E-state index contributed by atoms with van der Waals surface area (Å²) in [5.41, 5.74) is -0.456. The number of esters is 1. The number of pyridine rings is 1. The number of hydrogen-bond acceptors (Lipinski definition) is 5. The number of rotatable bonds is 2. The number of nitrogens with zero attached hydrogens (tertiary/aromatic N) is 1. The lowest BCUT2D eigenvalue weighted by molar-refractivity contribution is -0.149. The summed E-state index contributed by atoms with van der Waals surface area (Å²) in [7, 11) is 1.29. The van der Waals surface area contributed by atoms with Gasteiger partial charge < -0.3 is 9.47 Å². The Labute approximate surface area is 123 Å². The van der Waals surface area contributed by atoms with Crippen molar-refractivity contribution in [2.45, 2.75) is 44.8 Å². The molecule has 0 radical (unpaired) electrons. The molecule has 21 heavy (non-hydrogen) atoms. The second-order valence-corrected chi connectivity index (χ2v) is 6.03. The van der Waals surface area contributed by atoms with Gasteiger partial charge in [-0.2, -0.15) is 0 Å². The second-order valence-electron chi connectivity index (χ2n) is 6.03. The van der Waals surface area contributed by atoms with Gasteiger partial charge in [0.25, 0.3) is 0 Å². The molecule has 1 atom stereocenters. The van der Waals surface area contributed by atoms with E-state index in [2.05, 4.69) is 10.3 Å². The van der Waals surface area contributed by atoms with Gasteiger partial charge in [-0.25, -0.2) is 9.59 Å². The molecular formula is C15H20N2O4. The highest BCUT2D eigenvalue weighted by molar-refractivity contribution is 5.88. The van der Waals surface area contributed by atoms with Gasteiger partial charge in [-0.15, -0.1) is 0 Å². The van der Waals surface area contributed by atoms with E-state index in [4.69, 9.17) is 9.47 Å². The smallest absolute Gasteiger partial charge is 0.408 e. The normalized spacial score (nSPS) is 20.6. The highest BCUT2D eigenvalue weighted by atomic mass is 16.6. The Kier molecular flexibility index (Phi) is 3.89. The van der Waals surface area contributed by atoms with Crippen LogP contribution in [0.3, 0.4) is 0 Å². The minimum absolute atomic E-state index is 0.408. The van der Waals surface area contributed by atoms with Crippen LogP contribution >= 0.6 is 0 Å². The standard InChI is InChI=1S/C15H20N2O4/c1-14(2,3)21-13(19)17-15(12(18)20-4)8-7-10-6-5-9-16-11(10)15/h5-6,9H,7-8H2,1-4H3,(H,17,19). The van der Waals surface area contributed by atoms with Crippen molar-refractivity contribution in [2.75, 3.05) is 7.11 Å². The first-order valence-corrected chi connectivity index (χ1v) is 6.82. The molecule has 0 spiro atoms. The van der Waals surface area contributed by atoms with Crippen molar-refractivity contribution in [3.05, 3.63) is 29.6 Å². The Morgan fingerprint density at radius 3 is 2.71 bits per heavy atom. The highest BCUT2D eigenvalue weighted by Gasteiger charge is 2.49. The van der Waals surface area contributed by atoms with Crippen LogP contribution in [0.15, 0.2) is 18.3 Å². The van der Waals surface area contributed by atoms with Gasteiger partial charge in [-0.05, 0) is 45.2 Å². The van der Waals surface area contributed by atoms with Crippen LogP contribution in [0.2, 0.25) is 0 Å². The third kappa shape index (κ3) is 2.99. The van der Waals surface area contributed by atoms with Crippen molar-refractivity contribution < 1.29 is 19.1 Å². The molecule has 1 aliphatic rings. The predicted molar refractivity (Wildman–Crippen MR) is 75.6 cm³/mol. The molecule has 0 fully saturated rings. The van der Waals surface area contributed by atoms with E-state index in [-0.39, 0.29) is 0 Å². The van der Waals surface area contributed by atoms with Crippen LogP contribution in [0.4, 0.5) is 4.79 Å². The van der Waals surface area contributed by atoms with Crippen LogP contribution in [0, 0.1) is 0 Å². The molecule has 0 bridgehead atoms. The number of methoxy groups -OCH3 is 1. The number of aromatic nitrogens is 1. The predicted octanol–water partition coefficient (Wildman–Crippen LogP) is 1.92. The van der Waals surface area contributed by atoms with E-state index in [9.17, 15) is 9.59 Å². The van der Waals surface area contributed by atoms with Crippen molar-refractivity contribution >= 4 is 12.1 Å². The molecule has 1 aromatic heterocycles. The van der Waals surface area contributed by atoms with Gasteiger partial charge in [-0.3, -0.25) is 10.3 Å². The highest BCUT2D eigenvalue weighted by Crippen LogP contribution is 2.36. The summed E-state index contributed by atoms with van der Waals surface area (Å²) in [6.07, 6.45) is 1.99. The Bertz CT molecular complexity index is 565. The maximum Gasteiger partial charge on any atom is 0.408 e. The zero-order valence-electron chi connectivity index (χ0n) is 12.7. The van der Waals surface area contributed by atoms with E-state index < -0.39 is 23.2 Å². The molecule has 1 amide bonds. The number of ether oxygens (including phenoxy) is 2. The second kappa shape index (κ2) is 5.35. The molecule has 1 aromatic rings. The number of carbonyl (C=O) groups is 2. The molecule has 0 aromatic carbocycles. The number of carbonyl (C=O) groups excluding carboxylic acids is 2. The number of alkyl carbamates (subject to hydrolysis) is 1. The molecular weight excluding hydrogens is 272 g/mol. The first kappa shape index (κ1) is 15.3. The van der Waals surface area contributed by atoms with Crippen LogP contribution in [0.1, 0.15) is 38.4 Å². The van der Waals surface area contributed by atoms with Crippen molar-refractivity contribution in [1.82, 2.24) is 10.3 Å². The van der Waals surface area contributed by atoms with E-state index in [1.807, 2.05) is 6.07 Å². The number of nitrogens with one attached hydrogen (secondary N) is 1. The minimum Gasteiger partial charge on any atom is -0.467 e. The maximum absolute atomic E-state index is 12.3. The fourth-order valence-electron chi connectivity index (χ4n) is 2.49. The zero-order chi connectivity index (χ0) is 15.7. The van der Waals surface area contributed by atoms with Crippen molar-refractivity contribution in [2.24, 2.45) is 0 Å². The van der Waals surface area contributed by atoms with Gasteiger partial charge in [-0.1, -0.05) is 6.07 Å². The molecule has 6 nitrogen and oxygen atoms in total. The van der Waals surface area contributed by atoms with Crippen molar-refractivity contribution in [3.8, 4) is 0 Å². The van der Waals surface area contributed by atoms with E-state index in [0.717, 1.165) is 5.56 Å². The number of aryl methyl sites for hydroxylation is 1. The van der Waals surface area contributed by atoms with Gasteiger partial charge in [0.1, 0.15) is 5.60 Å². The molecule has 0 saturated heterocycles. The van der Waals surface area contributed by atoms with Crippen molar-refractivity contribution in [3.63, 3.8) is 0 Å². The topological polar surface area (TPSA) is 77.5 Å². The molecule has 1 unspecified atom stereocenters. The first-order chi connectivity index (χ1) is 9.78. The summed E-state index contributed by atoms with van der Waals surface area (Å²) < 4.78 is 10.1. The monoisotopic (exact) mass is 292 g/mol. The summed E-state index contributed by atoms with van der Waals surface area (Å²) in [5.74, 6) is -0.536. The minimum atomic E-state index is -1.27. The lowest BCUT2D eigenvalue weighted by Crippen LogP contribution is -2.52. The lowest BCUT2D eigenvalue weighted by Gasteiger charge is -2.29. The van der Waals surface area contributed by atoms with Crippen LogP contribution < -0.4 is 5.32 Å². The Morgan fingerprint density at radius 1 is 1.38 bits per heavy atom. The fourth-order valence-corrected chi connectivity index (χ4v) is 2.49. The Hall–Kier alpha value is -2.11. The zero-order valence-corrected chi connectivity index (χ0v) is 12.7. The van der Waals surface area contributed by atoms with Crippen LogP contribution in [-0.4, -0.2) is 29.8 Å². The van der Waals surface area contributed by atoms with E-state index in [0.29, 0.717) is 18.5 Å². The molecule has 6 heteroatoms. The average molecular weight is 292 g/mol. The van der Waals surface area contributed by atoms with Crippen LogP contribution in [0.5, 0.6) is 0 Å². The van der Waals surface area contributed by atoms with Gasteiger partial charge in [0, 0.05) is 6.20 Å². The summed E-state index contributed by atoms with van der Waals surface area (Å²) in [5, 5.41) is 2.66. The van der Waals surface area contributed by atoms with E-state index in [1.165, 1.54) is 7.11 Å². The summed E-state index contributed by atoms with van der Waals surface area (Å²) >= 11 is 0. The Morgan fingerprint density at radius 2 is 2.10 bits per heavy atom. The SMILES string of the molecule is COC(=O)C1(NC(=O)OC(C)(C)C)CCc2cccnc21. The summed E-state index contributed by atoms with van der Waals surface area (Å²) in [4.78, 5) is 28.6. The fraction of sp³-hybridized carbons (Fsp3) is 0.533. The molecule has 2 rings (SSSR count). The first-order valence-electron chi connectivity index (χ1n) is 6.82. The quantitative estimate of drug-likeness (QED) is 0.843. The largest absolute Gasteiger partial charge is 0.467 e. The number of amides is 1. The molecule has 0 aliphatic heterocycles. The number of fused-ring (bicyclic) bond motifs is 1. The Balaban J connectivity index is 2.33.